The SMILES string of the molecule is CC(=O)Nc1c(I)c(C(=O)O)c(I)c(N(C)C(C)=O)c1I.[MgH2]. The van der Waals surface area contributed by atoms with Gasteiger partial charge in [-0.15, -0.1) is 0 Å². The highest BCUT2D eigenvalue weighted by Gasteiger charge is 2.27. The van der Waals surface area contributed by atoms with Gasteiger partial charge in [-0.05, 0) is 67.8 Å². The van der Waals surface area contributed by atoms with Crippen molar-refractivity contribution < 1.29 is 19.5 Å². The zero-order valence-corrected chi connectivity index (χ0v) is 17.7. The number of hydrogen-bond acceptors (Lipinski definition) is 3. The van der Waals surface area contributed by atoms with Gasteiger partial charge in [0.1, 0.15) is 0 Å². The van der Waals surface area contributed by atoms with Crippen LogP contribution in [0.3, 0.4) is 0 Å². The number of nitrogens with zero attached hydrogens (tertiary/aromatic N) is 1. The molecule has 22 heavy (non-hydrogen) atoms. The maximum atomic E-state index is 11.6. The quantitative estimate of drug-likeness (QED) is 0.387. The molecule has 0 aliphatic heterocycles. The van der Waals surface area contributed by atoms with Crippen LogP contribution >= 0.6 is 67.8 Å². The van der Waals surface area contributed by atoms with Gasteiger partial charge in [-0.1, -0.05) is 0 Å². The van der Waals surface area contributed by atoms with Gasteiger partial charge in [-0.25, -0.2) is 4.79 Å². The van der Waals surface area contributed by atoms with Crippen LogP contribution in [0.4, 0.5) is 11.4 Å². The van der Waals surface area contributed by atoms with Crippen molar-refractivity contribution in [1.29, 1.82) is 0 Å². The summed E-state index contributed by atoms with van der Waals surface area (Å²) in [5.41, 5.74) is 0.957. The van der Waals surface area contributed by atoms with E-state index in [0.29, 0.717) is 22.1 Å². The number of hydrogen-bond donors (Lipinski definition) is 2. The minimum atomic E-state index is -1.11. The molecule has 1 aromatic carbocycles. The second kappa shape index (κ2) is 9.17. The van der Waals surface area contributed by atoms with Crippen molar-refractivity contribution in [2.24, 2.45) is 0 Å². The number of benzene rings is 1. The van der Waals surface area contributed by atoms with Crippen LogP contribution in [0.1, 0.15) is 24.2 Å². The van der Waals surface area contributed by atoms with Crippen molar-refractivity contribution in [3.8, 4) is 0 Å². The highest BCUT2D eigenvalue weighted by molar-refractivity contribution is 14.1. The van der Waals surface area contributed by atoms with Gasteiger partial charge in [0.2, 0.25) is 11.8 Å². The van der Waals surface area contributed by atoms with Gasteiger partial charge in [0.15, 0.2) is 0 Å². The number of carbonyl (C=O) groups excluding carboxylic acids is 2. The molecular weight excluding hydrogens is 641 g/mol. The molecule has 2 amide bonds. The lowest BCUT2D eigenvalue weighted by Crippen LogP contribution is -2.27. The Morgan fingerprint density at radius 1 is 1.05 bits per heavy atom. The fourth-order valence-corrected chi connectivity index (χ4v) is 6.20. The van der Waals surface area contributed by atoms with E-state index < -0.39 is 5.97 Å². The summed E-state index contributed by atoms with van der Waals surface area (Å²) < 4.78 is 1.52. The van der Waals surface area contributed by atoms with E-state index in [1.807, 2.05) is 67.8 Å². The van der Waals surface area contributed by atoms with Crippen molar-refractivity contribution in [3.05, 3.63) is 16.3 Å². The molecule has 10 heteroatoms. The van der Waals surface area contributed by atoms with E-state index in [1.54, 1.807) is 7.05 Å². The Kier molecular flexibility index (Phi) is 9.41. The van der Waals surface area contributed by atoms with Crippen molar-refractivity contribution >= 4 is 120 Å². The fraction of sp³-hybridized carbons (Fsp3) is 0.250. The Morgan fingerprint density at radius 3 is 1.91 bits per heavy atom. The summed E-state index contributed by atoms with van der Waals surface area (Å²) >= 11 is 5.80. The van der Waals surface area contributed by atoms with Crippen LogP contribution in [0, 0.1) is 10.7 Å². The summed E-state index contributed by atoms with van der Waals surface area (Å²) in [5.74, 6) is -1.64. The minimum Gasteiger partial charge on any atom is -0.478 e. The molecule has 0 heterocycles. The maximum absolute atomic E-state index is 11.6. The topological polar surface area (TPSA) is 86.7 Å². The second-order valence-electron chi connectivity index (χ2n) is 4.10. The van der Waals surface area contributed by atoms with Gasteiger partial charge < -0.3 is 15.3 Å². The van der Waals surface area contributed by atoms with Gasteiger partial charge in [0.05, 0.1) is 27.6 Å². The Morgan fingerprint density at radius 2 is 1.55 bits per heavy atom. The monoisotopic (exact) mass is 654 g/mol. The molecule has 2 N–H and O–H groups in total. The molecule has 0 aliphatic rings. The van der Waals surface area contributed by atoms with Crippen molar-refractivity contribution in [3.63, 3.8) is 0 Å². The van der Waals surface area contributed by atoms with Gasteiger partial charge in [0.25, 0.3) is 0 Å². The second-order valence-corrected chi connectivity index (χ2v) is 7.34. The summed E-state index contributed by atoms with van der Waals surface area (Å²) in [4.78, 5) is 35.9. The number of aromatic carboxylic acids is 1. The van der Waals surface area contributed by atoms with Crippen LogP contribution in [-0.4, -0.2) is 53.0 Å². The van der Waals surface area contributed by atoms with E-state index in [2.05, 4.69) is 5.32 Å². The molecular formula is C12H13I3MgN2O4. The molecule has 0 radical (unpaired) electrons. The van der Waals surface area contributed by atoms with Gasteiger partial charge in [0, 0.05) is 20.9 Å². The van der Waals surface area contributed by atoms with E-state index in [4.69, 9.17) is 0 Å². The van der Waals surface area contributed by atoms with Crippen LogP contribution in [0.25, 0.3) is 0 Å². The first-order chi connectivity index (χ1) is 9.59. The van der Waals surface area contributed by atoms with Crippen LogP contribution in [0.2, 0.25) is 0 Å². The number of carboxylic acids is 1. The van der Waals surface area contributed by atoms with Gasteiger partial charge >= 0.3 is 29.0 Å². The highest BCUT2D eigenvalue weighted by atomic mass is 127. The average molecular weight is 654 g/mol. The fourth-order valence-electron chi connectivity index (χ4n) is 1.58. The zero-order chi connectivity index (χ0) is 16.5. The van der Waals surface area contributed by atoms with Crippen molar-refractivity contribution in [2.75, 3.05) is 17.3 Å². The predicted octanol–water partition coefficient (Wildman–Crippen LogP) is 2.22. The standard InChI is InChI=1S/C12H11I3N2O4.Mg.2H/c1-4(18)16-10-7(13)6(12(20)21)8(14)11(9(10)15)17(3)5(2)19;;;/h1-3H3,(H,16,18)(H,20,21);;;. The number of amides is 2. The third kappa shape index (κ3) is 4.79. The van der Waals surface area contributed by atoms with Crippen LogP contribution in [0.5, 0.6) is 0 Å². The van der Waals surface area contributed by atoms with Gasteiger partial charge in [-0.2, -0.15) is 0 Å². The lowest BCUT2D eigenvalue weighted by molar-refractivity contribution is -0.116. The molecule has 0 spiro atoms. The zero-order valence-electron chi connectivity index (χ0n) is 11.3. The molecule has 0 fully saturated rings. The van der Waals surface area contributed by atoms with E-state index in [0.717, 1.165) is 0 Å². The summed E-state index contributed by atoms with van der Waals surface area (Å²) in [6.45, 7) is 2.74. The average Bonchev–Trinajstić information content (AvgIpc) is 2.33. The number of rotatable bonds is 3. The third-order valence-corrected chi connectivity index (χ3v) is 5.80. The first kappa shape index (κ1) is 22.6. The summed E-state index contributed by atoms with van der Waals surface area (Å²) in [6.07, 6.45) is 0. The number of carboxylic acid groups (broad SMARTS) is 1. The maximum Gasteiger partial charge on any atom is 0.338 e. The summed E-state index contributed by atoms with van der Waals surface area (Å²) in [5, 5.41) is 12.1. The Labute approximate surface area is 184 Å². The van der Waals surface area contributed by atoms with E-state index in [1.165, 1.54) is 18.7 Å². The van der Waals surface area contributed by atoms with E-state index >= 15 is 0 Å². The lowest BCUT2D eigenvalue weighted by atomic mass is 10.1. The summed E-state index contributed by atoms with van der Waals surface area (Å²) in [7, 11) is 1.57. The number of carbonyl (C=O) groups is 3. The van der Waals surface area contributed by atoms with E-state index in [-0.39, 0.29) is 40.4 Å². The van der Waals surface area contributed by atoms with Crippen molar-refractivity contribution in [2.45, 2.75) is 13.8 Å². The van der Waals surface area contributed by atoms with Gasteiger partial charge in [-0.3, -0.25) is 9.59 Å². The lowest BCUT2D eigenvalue weighted by Gasteiger charge is -2.23. The number of anilines is 2. The molecule has 0 aromatic heterocycles. The highest BCUT2D eigenvalue weighted by Crippen LogP contribution is 2.40. The summed E-state index contributed by atoms with van der Waals surface area (Å²) in [6, 6.07) is 0. The van der Waals surface area contributed by atoms with Crippen LogP contribution < -0.4 is 10.2 Å². The minimum absolute atomic E-state index is 0. The molecule has 1 aromatic rings. The molecule has 0 atom stereocenters. The smallest absolute Gasteiger partial charge is 0.338 e. The Hall–Kier alpha value is 0.586. The molecule has 0 saturated carbocycles. The van der Waals surface area contributed by atoms with Crippen LogP contribution in [0.15, 0.2) is 0 Å². The Balaban J connectivity index is 0.00000441. The normalized spacial score (nSPS) is 9.73. The molecule has 0 saturated heterocycles. The largest absolute Gasteiger partial charge is 0.478 e. The molecule has 1 rings (SSSR count). The molecule has 6 nitrogen and oxygen atoms in total. The third-order valence-electron chi connectivity index (χ3n) is 2.62. The predicted molar refractivity (Wildman–Crippen MR) is 113 cm³/mol. The van der Waals surface area contributed by atoms with Crippen LogP contribution in [-0.2, 0) is 9.59 Å². The van der Waals surface area contributed by atoms with E-state index in [9.17, 15) is 19.5 Å². The van der Waals surface area contributed by atoms with Crippen molar-refractivity contribution in [1.82, 2.24) is 0 Å². The Bertz CT molecular complexity index is 652. The molecule has 0 bridgehead atoms. The number of nitrogens with one attached hydrogen (secondary N) is 1. The molecule has 118 valence electrons. The first-order valence-electron chi connectivity index (χ1n) is 5.55. The molecule has 0 unspecified atom stereocenters. The molecule has 0 aliphatic carbocycles. The number of halogens is 3. The first-order valence-corrected chi connectivity index (χ1v) is 8.78.